The summed E-state index contributed by atoms with van der Waals surface area (Å²) in [4.78, 5) is 25.4. The topological polar surface area (TPSA) is 91.9 Å². The Kier molecular flexibility index (Phi) is 4.05. The summed E-state index contributed by atoms with van der Waals surface area (Å²) in [5, 5.41) is 16.6. The van der Waals surface area contributed by atoms with Crippen LogP contribution in [0.3, 0.4) is 0 Å². The average Bonchev–Trinajstić information content (AvgIpc) is 2.47. The minimum absolute atomic E-state index is 0.182. The quantitative estimate of drug-likeness (QED) is 0.790. The fourth-order valence-corrected chi connectivity index (χ4v) is 1.72. The van der Waals surface area contributed by atoms with E-state index in [1.807, 2.05) is 6.07 Å². The van der Waals surface area contributed by atoms with Crippen LogP contribution in [-0.2, 0) is 11.3 Å². The molecule has 102 valence electrons. The molecule has 0 unspecified atom stereocenters. The molecule has 1 aromatic heterocycles. The summed E-state index contributed by atoms with van der Waals surface area (Å²) in [5.41, 5.74) is 0.150. The zero-order chi connectivity index (χ0) is 14.5. The van der Waals surface area contributed by atoms with Crippen molar-refractivity contribution in [2.24, 2.45) is 0 Å². The number of fused-ring (bicyclic) bond motifs is 1. The maximum Gasteiger partial charge on any atom is 0.278 e. The van der Waals surface area contributed by atoms with Gasteiger partial charge in [-0.15, -0.1) is 5.10 Å². The Morgan fingerprint density at radius 1 is 1.45 bits per heavy atom. The Hall–Kier alpha value is -2.75. The fraction of sp³-hybridized carbons (Fsp3) is 0.308. The number of amides is 1. The van der Waals surface area contributed by atoms with Crippen molar-refractivity contribution in [3.63, 3.8) is 0 Å². The van der Waals surface area contributed by atoms with Crippen molar-refractivity contribution < 1.29 is 4.79 Å². The SMILES string of the molecule is CN(CCC#N)C(=O)Cn1nnc2ccccc2c1=O. The summed E-state index contributed by atoms with van der Waals surface area (Å²) in [7, 11) is 1.58. The standard InChI is InChI=1S/C13H13N5O2/c1-17(8-4-7-14)12(19)9-18-13(20)10-5-2-3-6-11(10)15-16-18/h2-3,5-6H,4,8-9H2,1H3. The number of likely N-dealkylation sites (N-methyl/N-ethyl adjacent to an activating group) is 1. The number of hydrogen-bond donors (Lipinski definition) is 0. The molecule has 1 heterocycles. The first kappa shape index (κ1) is 13.7. The van der Waals surface area contributed by atoms with Gasteiger partial charge in [0.1, 0.15) is 12.1 Å². The van der Waals surface area contributed by atoms with Crippen LogP contribution in [0, 0.1) is 11.3 Å². The lowest BCUT2D eigenvalue weighted by molar-refractivity contribution is -0.130. The number of rotatable bonds is 4. The number of nitrogens with zero attached hydrogens (tertiary/aromatic N) is 5. The first-order valence-electron chi connectivity index (χ1n) is 6.07. The van der Waals surface area contributed by atoms with Crippen LogP contribution in [0.2, 0.25) is 0 Å². The van der Waals surface area contributed by atoms with E-state index in [-0.39, 0.29) is 24.4 Å². The molecule has 7 heteroatoms. The average molecular weight is 271 g/mol. The Labute approximate surface area is 115 Å². The molecule has 0 atom stereocenters. The van der Waals surface area contributed by atoms with Crippen LogP contribution < -0.4 is 5.56 Å². The highest BCUT2D eigenvalue weighted by atomic mass is 16.2. The van der Waals surface area contributed by atoms with Crippen molar-refractivity contribution in [3.8, 4) is 6.07 Å². The van der Waals surface area contributed by atoms with Crippen LogP contribution in [0.1, 0.15) is 6.42 Å². The van der Waals surface area contributed by atoms with Crippen LogP contribution in [-0.4, -0.2) is 39.4 Å². The van der Waals surface area contributed by atoms with Gasteiger partial charge in [0.15, 0.2) is 0 Å². The van der Waals surface area contributed by atoms with Gasteiger partial charge < -0.3 is 4.90 Å². The van der Waals surface area contributed by atoms with Gasteiger partial charge in [-0.25, -0.2) is 4.68 Å². The second-order valence-electron chi connectivity index (χ2n) is 4.29. The summed E-state index contributed by atoms with van der Waals surface area (Å²) in [6, 6.07) is 8.80. The van der Waals surface area contributed by atoms with E-state index in [0.717, 1.165) is 4.68 Å². The van der Waals surface area contributed by atoms with E-state index in [0.29, 0.717) is 17.4 Å². The van der Waals surface area contributed by atoms with Crippen LogP contribution >= 0.6 is 0 Å². The lowest BCUT2D eigenvalue weighted by atomic mass is 10.2. The summed E-state index contributed by atoms with van der Waals surface area (Å²) in [5.74, 6) is -0.285. The summed E-state index contributed by atoms with van der Waals surface area (Å²) in [6.45, 7) is 0.143. The van der Waals surface area contributed by atoms with Crippen LogP contribution in [0.5, 0.6) is 0 Å². The van der Waals surface area contributed by atoms with E-state index in [4.69, 9.17) is 5.26 Å². The molecule has 0 saturated heterocycles. The Balaban J connectivity index is 2.22. The molecular formula is C13H13N5O2. The van der Waals surface area contributed by atoms with Crippen molar-refractivity contribution in [1.82, 2.24) is 19.9 Å². The second-order valence-corrected chi connectivity index (χ2v) is 4.29. The first-order chi connectivity index (χ1) is 9.63. The molecule has 0 saturated carbocycles. The van der Waals surface area contributed by atoms with Crippen molar-refractivity contribution in [3.05, 3.63) is 34.6 Å². The van der Waals surface area contributed by atoms with Crippen molar-refractivity contribution in [2.75, 3.05) is 13.6 Å². The number of carbonyl (C=O) groups is 1. The van der Waals surface area contributed by atoms with Gasteiger partial charge in [0, 0.05) is 13.6 Å². The third-order valence-electron chi connectivity index (χ3n) is 2.90. The molecule has 2 rings (SSSR count). The predicted molar refractivity (Wildman–Crippen MR) is 71.7 cm³/mol. The van der Waals surface area contributed by atoms with Crippen molar-refractivity contribution in [2.45, 2.75) is 13.0 Å². The van der Waals surface area contributed by atoms with Gasteiger partial charge in [-0.1, -0.05) is 17.3 Å². The Morgan fingerprint density at radius 2 is 2.20 bits per heavy atom. The van der Waals surface area contributed by atoms with E-state index in [1.165, 1.54) is 4.90 Å². The zero-order valence-electron chi connectivity index (χ0n) is 11.0. The molecule has 0 fully saturated rings. The highest BCUT2D eigenvalue weighted by Gasteiger charge is 2.12. The summed E-state index contributed by atoms with van der Waals surface area (Å²) >= 11 is 0. The van der Waals surface area contributed by atoms with Crippen molar-refractivity contribution in [1.29, 1.82) is 5.26 Å². The molecule has 1 amide bonds. The third kappa shape index (κ3) is 2.80. The molecule has 2 aromatic rings. The minimum Gasteiger partial charge on any atom is -0.343 e. The van der Waals surface area contributed by atoms with E-state index < -0.39 is 0 Å². The lowest BCUT2D eigenvalue weighted by Crippen LogP contribution is -2.35. The molecule has 0 bridgehead atoms. The number of benzene rings is 1. The molecule has 0 aliphatic rings. The normalized spacial score (nSPS) is 10.2. The van der Waals surface area contributed by atoms with E-state index >= 15 is 0 Å². The van der Waals surface area contributed by atoms with Gasteiger partial charge >= 0.3 is 0 Å². The molecule has 0 aliphatic heterocycles. The largest absolute Gasteiger partial charge is 0.343 e. The molecular weight excluding hydrogens is 258 g/mol. The maximum absolute atomic E-state index is 12.1. The van der Waals surface area contributed by atoms with Gasteiger partial charge in [-0.05, 0) is 12.1 Å². The van der Waals surface area contributed by atoms with Gasteiger partial charge in [-0.3, -0.25) is 9.59 Å². The monoisotopic (exact) mass is 271 g/mol. The number of hydrogen-bond acceptors (Lipinski definition) is 5. The highest BCUT2D eigenvalue weighted by Crippen LogP contribution is 2.03. The molecule has 0 spiro atoms. The van der Waals surface area contributed by atoms with Gasteiger partial charge in [-0.2, -0.15) is 5.26 Å². The van der Waals surface area contributed by atoms with Crippen LogP contribution in [0.25, 0.3) is 10.9 Å². The second kappa shape index (κ2) is 5.93. The zero-order valence-corrected chi connectivity index (χ0v) is 11.0. The van der Waals surface area contributed by atoms with E-state index in [1.54, 1.807) is 31.3 Å². The maximum atomic E-state index is 12.1. The van der Waals surface area contributed by atoms with E-state index in [9.17, 15) is 9.59 Å². The summed E-state index contributed by atoms with van der Waals surface area (Å²) in [6.07, 6.45) is 0.251. The fourth-order valence-electron chi connectivity index (χ4n) is 1.72. The first-order valence-corrected chi connectivity index (χ1v) is 6.07. The lowest BCUT2D eigenvalue weighted by Gasteiger charge is -2.15. The molecule has 20 heavy (non-hydrogen) atoms. The summed E-state index contributed by atoms with van der Waals surface area (Å²) < 4.78 is 1.04. The van der Waals surface area contributed by atoms with Gasteiger partial charge in [0.25, 0.3) is 5.56 Å². The van der Waals surface area contributed by atoms with Crippen molar-refractivity contribution >= 4 is 16.8 Å². The van der Waals surface area contributed by atoms with Crippen LogP contribution in [0.15, 0.2) is 29.1 Å². The van der Waals surface area contributed by atoms with Crippen LogP contribution in [0.4, 0.5) is 0 Å². The molecule has 0 radical (unpaired) electrons. The number of aromatic nitrogens is 3. The van der Waals surface area contributed by atoms with Gasteiger partial charge in [0.05, 0.1) is 17.9 Å². The molecule has 0 aliphatic carbocycles. The number of carbonyl (C=O) groups excluding carboxylic acids is 1. The number of nitriles is 1. The third-order valence-corrected chi connectivity index (χ3v) is 2.90. The Morgan fingerprint density at radius 3 is 2.95 bits per heavy atom. The van der Waals surface area contributed by atoms with E-state index in [2.05, 4.69) is 10.3 Å². The minimum atomic E-state index is -0.349. The Bertz CT molecular complexity index is 731. The highest BCUT2D eigenvalue weighted by molar-refractivity contribution is 5.78. The molecule has 0 N–H and O–H groups in total. The predicted octanol–water partition coefficient (Wildman–Crippen LogP) is 0.164. The smallest absolute Gasteiger partial charge is 0.278 e. The van der Waals surface area contributed by atoms with Gasteiger partial charge in [0.2, 0.25) is 5.91 Å². The molecule has 1 aromatic carbocycles. The molecule has 7 nitrogen and oxygen atoms in total.